The Hall–Kier alpha value is -0.0900. The third-order valence-corrected chi connectivity index (χ3v) is 5.82. The lowest BCUT2D eigenvalue weighted by Gasteiger charge is -2.34. The van der Waals surface area contributed by atoms with Crippen LogP contribution in [0.5, 0.6) is 0 Å². The third kappa shape index (κ3) is 4.88. The largest absolute Gasteiger partial charge is 0.314 e. The Labute approximate surface area is 113 Å². The Kier molecular flexibility index (Phi) is 6.64. The van der Waals surface area contributed by atoms with Crippen molar-refractivity contribution in [3.05, 3.63) is 0 Å². The molecule has 1 rings (SSSR count). The summed E-state index contributed by atoms with van der Waals surface area (Å²) >= 11 is 0. The van der Waals surface area contributed by atoms with E-state index in [4.69, 9.17) is 0 Å². The van der Waals surface area contributed by atoms with Crippen LogP contribution in [0.15, 0.2) is 0 Å². The van der Waals surface area contributed by atoms with Crippen LogP contribution in [0, 0.1) is 5.92 Å². The minimum absolute atomic E-state index is 0.0981. The molecule has 1 aliphatic carbocycles. The lowest BCUT2D eigenvalue weighted by molar-refractivity contribution is 0.258. The highest BCUT2D eigenvalue weighted by Crippen LogP contribution is 2.32. The van der Waals surface area contributed by atoms with Crippen molar-refractivity contribution in [1.29, 1.82) is 0 Å². The van der Waals surface area contributed by atoms with Gasteiger partial charge >= 0.3 is 0 Å². The van der Waals surface area contributed by atoms with Crippen LogP contribution in [0.1, 0.15) is 58.8 Å². The zero-order valence-corrected chi connectivity index (χ0v) is 12.9. The molecule has 0 aromatic heterocycles. The highest BCUT2D eigenvalue weighted by atomic mass is 32.2. The fourth-order valence-electron chi connectivity index (χ4n) is 3.13. The fourth-order valence-corrected chi connectivity index (χ4v) is 4.32. The van der Waals surface area contributed by atoms with Gasteiger partial charge in [0, 0.05) is 12.3 Å². The van der Waals surface area contributed by atoms with E-state index in [2.05, 4.69) is 19.2 Å². The molecule has 18 heavy (non-hydrogen) atoms. The van der Waals surface area contributed by atoms with E-state index in [-0.39, 0.29) is 5.25 Å². The second-order valence-corrected chi connectivity index (χ2v) is 8.01. The SMILES string of the molecule is CCCCC(NCC)C1CCCC(S(C)(=O)=O)C1. The van der Waals surface area contributed by atoms with Crippen LogP contribution in [0.2, 0.25) is 0 Å². The van der Waals surface area contributed by atoms with Crippen molar-refractivity contribution in [3.8, 4) is 0 Å². The first-order valence-corrected chi connectivity index (χ1v) is 9.36. The number of hydrogen-bond acceptors (Lipinski definition) is 3. The van der Waals surface area contributed by atoms with Gasteiger partial charge in [-0.3, -0.25) is 0 Å². The van der Waals surface area contributed by atoms with Gasteiger partial charge < -0.3 is 5.32 Å². The predicted molar refractivity (Wildman–Crippen MR) is 77.6 cm³/mol. The zero-order valence-electron chi connectivity index (χ0n) is 12.1. The van der Waals surface area contributed by atoms with Crippen molar-refractivity contribution in [1.82, 2.24) is 5.32 Å². The molecule has 0 spiro atoms. The molecule has 0 heterocycles. The number of hydrogen-bond donors (Lipinski definition) is 1. The van der Waals surface area contributed by atoms with Gasteiger partial charge in [-0.1, -0.05) is 33.1 Å². The van der Waals surface area contributed by atoms with E-state index in [1.54, 1.807) is 0 Å². The zero-order chi connectivity index (χ0) is 13.6. The van der Waals surface area contributed by atoms with Crippen molar-refractivity contribution >= 4 is 9.84 Å². The predicted octanol–water partition coefficient (Wildman–Crippen LogP) is 2.76. The van der Waals surface area contributed by atoms with E-state index < -0.39 is 9.84 Å². The van der Waals surface area contributed by atoms with Crippen LogP contribution in [0.25, 0.3) is 0 Å². The van der Waals surface area contributed by atoms with Gasteiger partial charge in [0.1, 0.15) is 9.84 Å². The average molecular weight is 275 g/mol. The maximum absolute atomic E-state index is 11.7. The van der Waals surface area contributed by atoms with Crippen LogP contribution in [-0.2, 0) is 9.84 Å². The summed E-state index contributed by atoms with van der Waals surface area (Å²) in [5, 5.41) is 3.47. The summed E-state index contributed by atoms with van der Waals surface area (Å²) in [5.74, 6) is 0.546. The first-order valence-electron chi connectivity index (χ1n) is 7.41. The maximum atomic E-state index is 11.7. The minimum Gasteiger partial charge on any atom is -0.314 e. The standard InChI is InChI=1S/C14H29NO2S/c1-4-6-10-14(15-5-2)12-8-7-9-13(11-12)18(3,16)17/h12-15H,4-11H2,1-3H3. The summed E-state index contributed by atoms with van der Waals surface area (Å²) in [6, 6.07) is 0.513. The van der Waals surface area contributed by atoms with Crippen LogP contribution in [0.4, 0.5) is 0 Å². The molecule has 3 atom stereocenters. The quantitative estimate of drug-likeness (QED) is 0.777. The van der Waals surface area contributed by atoms with Crippen LogP contribution < -0.4 is 5.32 Å². The topological polar surface area (TPSA) is 46.2 Å². The molecule has 3 unspecified atom stereocenters. The van der Waals surface area contributed by atoms with E-state index in [1.165, 1.54) is 31.9 Å². The number of unbranched alkanes of at least 4 members (excludes halogenated alkanes) is 1. The summed E-state index contributed by atoms with van der Waals surface area (Å²) in [5.41, 5.74) is 0. The molecule has 1 saturated carbocycles. The monoisotopic (exact) mass is 275 g/mol. The summed E-state index contributed by atoms with van der Waals surface area (Å²) in [4.78, 5) is 0. The van der Waals surface area contributed by atoms with Gasteiger partial charge in [0.2, 0.25) is 0 Å². The second-order valence-electron chi connectivity index (χ2n) is 5.68. The normalized spacial score (nSPS) is 27.1. The molecular weight excluding hydrogens is 246 g/mol. The number of rotatable bonds is 7. The molecule has 0 radical (unpaired) electrons. The van der Waals surface area contributed by atoms with Crippen molar-refractivity contribution in [2.24, 2.45) is 5.92 Å². The van der Waals surface area contributed by atoms with E-state index in [0.29, 0.717) is 12.0 Å². The molecule has 0 aromatic carbocycles. The molecular formula is C14H29NO2S. The second kappa shape index (κ2) is 7.49. The number of sulfone groups is 1. The van der Waals surface area contributed by atoms with Crippen molar-refractivity contribution in [3.63, 3.8) is 0 Å². The fraction of sp³-hybridized carbons (Fsp3) is 1.00. The molecule has 0 amide bonds. The van der Waals surface area contributed by atoms with Gasteiger partial charge in [0.15, 0.2) is 0 Å². The van der Waals surface area contributed by atoms with Crippen molar-refractivity contribution in [2.45, 2.75) is 70.1 Å². The van der Waals surface area contributed by atoms with Crippen LogP contribution >= 0.6 is 0 Å². The molecule has 108 valence electrons. The first kappa shape index (κ1) is 16.0. The molecule has 3 nitrogen and oxygen atoms in total. The molecule has 0 bridgehead atoms. The Morgan fingerprint density at radius 1 is 1.28 bits per heavy atom. The highest BCUT2D eigenvalue weighted by Gasteiger charge is 2.32. The molecule has 0 aromatic rings. The Balaban J connectivity index is 2.61. The summed E-state index contributed by atoms with van der Waals surface area (Å²) in [7, 11) is -2.86. The summed E-state index contributed by atoms with van der Waals surface area (Å²) in [6.07, 6.45) is 9.01. The lowest BCUT2D eigenvalue weighted by atomic mass is 9.81. The van der Waals surface area contributed by atoms with Gasteiger partial charge in [-0.05, 0) is 38.1 Å². The molecule has 0 aliphatic heterocycles. The average Bonchev–Trinajstić information content (AvgIpc) is 2.33. The molecule has 0 saturated heterocycles. The smallest absolute Gasteiger partial charge is 0.150 e. The van der Waals surface area contributed by atoms with E-state index in [1.807, 2.05) is 0 Å². The molecule has 1 fully saturated rings. The highest BCUT2D eigenvalue weighted by molar-refractivity contribution is 7.91. The van der Waals surface area contributed by atoms with Gasteiger partial charge in [-0.2, -0.15) is 0 Å². The summed E-state index contributed by atoms with van der Waals surface area (Å²) in [6.45, 7) is 5.33. The molecule has 4 heteroatoms. The Bertz CT molecular complexity index is 327. The van der Waals surface area contributed by atoms with Gasteiger partial charge in [0.25, 0.3) is 0 Å². The lowest BCUT2D eigenvalue weighted by Crippen LogP contribution is -2.41. The molecule has 1 N–H and O–H groups in total. The molecule has 1 aliphatic rings. The Morgan fingerprint density at radius 3 is 2.56 bits per heavy atom. The third-order valence-electron chi connectivity index (χ3n) is 4.18. The Morgan fingerprint density at radius 2 is 2.00 bits per heavy atom. The van der Waals surface area contributed by atoms with Gasteiger partial charge in [0.05, 0.1) is 5.25 Å². The van der Waals surface area contributed by atoms with Crippen LogP contribution in [0.3, 0.4) is 0 Å². The van der Waals surface area contributed by atoms with Crippen molar-refractivity contribution in [2.75, 3.05) is 12.8 Å². The van der Waals surface area contributed by atoms with E-state index in [9.17, 15) is 8.42 Å². The van der Waals surface area contributed by atoms with Crippen LogP contribution in [-0.4, -0.2) is 32.5 Å². The number of nitrogens with one attached hydrogen (secondary N) is 1. The summed E-state index contributed by atoms with van der Waals surface area (Å²) < 4.78 is 23.4. The van der Waals surface area contributed by atoms with Gasteiger partial charge in [-0.25, -0.2) is 8.42 Å². The van der Waals surface area contributed by atoms with Gasteiger partial charge in [-0.15, -0.1) is 0 Å². The van der Waals surface area contributed by atoms with E-state index >= 15 is 0 Å². The van der Waals surface area contributed by atoms with Crippen molar-refractivity contribution < 1.29 is 8.42 Å². The maximum Gasteiger partial charge on any atom is 0.150 e. The minimum atomic E-state index is -2.86. The first-order chi connectivity index (χ1) is 8.49. The van der Waals surface area contributed by atoms with E-state index in [0.717, 1.165) is 25.8 Å².